The van der Waals surface area contributed by atoms with Gasteiger partial charge in [-0.1, -0.05) is 12.1 Å². The Bertz CT molecular complexity index is 328. The summed E-state index contributed by atoms with van der Waals surface area (Å²) in [6, 6.07) is 5.19. The van der Waals surface area contributed by atoms with Crippen molar-refractivity contribution in [3.63, 3.8) is 0 Å². The van der Waals surface area contributed by atoms with Crippen LogP contribution in [-0.4, -0.2) is 13.5 Å². The maximum absolute atomic E-state index is 11.9. The number of hydrogen-bond donors (Lipinski definition) is 0. The fraction of sp³-hybridized carbons (Fsp3) is 0.333. The second kappa shape index (κ2) is 6.30. The van der Waals surface area contributed by atoms with Gasteiger partial charge in [-0.05, 0) is 31.0 Å². The summed E-state index contributed by atoms with van der Waals surface area (Å²) in [5, 5.41) is 0. The van der Waals surface area contributed by atoms with E-state index in [0.717, 1.165) is 11.1 Å². The van der Waals surface area contributed by atoms with Gasteiger partial charge in [-0.3, -0.25) is 0 Å². The Morgan fingerprint density at radius 1 is 1.20 bits per heavy atom. The zero-order valence-electron chi connectivity index (χ0n) is 9.06. The van der Waals surface area contributed by atoms with E-state index in [0.29, 0.717) is 5.75 Å². The predicted octanol–water partition coefficient (Wildman–Crippen LogP) is 0.0728. The number of benzene rings is 1. The monoisotopic (exact) mass is 242 g/mol. The van der Waals surface area contributed by atoms with Gasteiger partial charge in [-0.25, -0.2) is 0 Å². The van der Waals surface area contributed by atoms with E-state index in [1.165, 1.54) is 0 Å². The van der Waals surface area contributed by atoms with Gasteiger partial charge in [0, 0.05) is 0 Å². The van der Waals surface area contributed by atoms with E-state index < -0.39 is 13.5 Å². The maximum atomic E-state index is 11.9. The molecule has 1 rings (SSSR count). The van der Waals surface area contributed by atoms with Crippen LogP contribution in [-0.2, 0) is 0 Å². The van der Waals surface area contributed by atoms with Crippen molar-refractivity contribution >= 4 is 6.98 Å². The normalized spacial score (nSPS) is 10.7. The van der Waals surface area contributed by atoms with Gasteiger partial charge in [-0.15, -0.1) is 0 Å². The molecular weight excluding hydrogens is 231 g/mol. The van der Waals surface area contributed by atoms with Crippen LogP contribution in [0, 0.1) is 13.8 Å². The Balaban J connectivity index is 0.00000196. The van der Waals surface area contributed by atoms with E-state index >= 15 is 0 Å². The zero-order valence-corrected chi connectivity index (χ0v) is 12.2. The summed E-state index contributed by atoms with van der Waals surface area (Å²) in [5.74, 6) is 0.309. The Labute approximate surface area is 130 Å². The molecule has 0 saturated carbocycles. The zero-order chi connectivity index (χ0) is 10.8. The van der Waals surface area contributed by atoms with Crippen molar-refractivity contribution in [3.8, 4) is 5.75 Å². The van der Waals surface area contributed by atoms with Crippen molar-refractivity contribution in [1.29, 1.82) is 0 Å². The average Bonchev–Trinajstić information content (AvgIpc) is 2.05. The first-order valence-corrected chi connectivity index (χ1v) is 4.29. The summed E-state index contributed by atoms with van der Waals surface area (Å²) in [6.07, 6.45) is 0. The molecule has 0 radical (unpaired) electrons. The Morgan fingerprint density at radius 2 is 1.80 bits per heavy atom. The molecule has 0 bridgehead atoms. The van der Waals surface area contributed by atoms with E-state index in [2.05, 4.69) is 4.74 Å². The molecule has 0 aliphatic rings. The molecule has 0 aliphatic heterocycles. The van der Waals surface area contributed by atoms with E-state index in [1.54, 1.807) is 19.1 Å². The first kappa shape index (κ1) is 15.5. The smallest absolute Gasteiger partial charge is 0.521 e. The first-order chi connectivity index (χ1) is 6.38. The van der Waals surface area contributed by atoms with Crippen LogP contribution in [0.2, 0.25) is 0 Å². The molecule has 6 heteroatoms. The molecule has 0 N–H and O–H groups in total. The number of aryl methyl sites for hydroxylation is 2. The molecule has 1 nitrogen and oxygen atoms in total. The standard InChI is InChI=1S/C9H11BF3O.K/c1-7-3-4-8(2)9(5-7)14-6-10(11,12)13;/h3-5H,6H2,1-2H3;/q-1;+1. The van der Waals surface area contributed by atoms with Crippen LogP contribution in [0.4, 0.5) is 12.9 Å². The second-order valence-electron chi connectivity index (χ2n) is 3.29. The van der Waals surface area contributed by atoms with Gasteiger partial charge in [0.15, 0.2) is 0 Å². The van der Waals surface area contributed by atoms with Gasteiger partial charge in [0.05, 0.1) is 6.51 Å². The molecule has 0 heterocycles. The topological polar surface area (TPSA) is 9.23 Å². The van der Waals surface area contributed by atoms with Crippen molar-refractivity contribution in [2.24, 2.45) is 0 Å². The van der Waals surface area contributed by atoms with Crippen LogP contribution in [0.1, 0.15) is 11.1 Å². The molecular formula is C9H11BF3KO. The molecule has 15 heavy (non-hydrogen) atoms. The maximum Gasteiger partial charge on any atom is 1.00 e. The van der Waals surface area contributed by atoms with Crippen LogP contribution in [0.3, 0.4) is 0 Å². The van der Waals surface area contributed by atoms with Crippen LogP contribution in [0.25, 0.3) is 0 Å². The minimum absolute atomic E-state index is 0. The number of hydrogen-bond acceptors (Lipinski definition) is 1. The summed E-state index contributed by atoms with van der Waals surface area (Å²) in [6.45, 7) is -2.52. The molecule has 1 aromatic rings. The van der Waals surface area contributed by atoms with Crippen molar-refractivity contribution in [3.05, 3.63) is 29.3 Å². The minimum atomic E-state index is -4.88. The van der Waals surface area contributed by atoms with E-state index in [4.69, 9.17) is 0 Å². The van der Waals surface area contributed by atoms with Gasteiger partial charge in [0.25, 0.3) is 0 Å². The van der Waals surface area contributed by atoms with Crippen LogP contribution >= 0.6 is 0 Å². The Kier molecular flexibility index (Phi) is 6.51. The summed E-state index contributed by atoms with van der Waals surface area (Å²) < 4.78 is 40.4. The summed E-state index contributed by atoms with van der Waals surface area (Å²) in [5.41, 5.74) is 1.61. The van der Waals surface area contributed by atoms with E-state index in [9.17, 15) is 12.9 Å². The Morgan fingerprint density at radius 3 is 2.33 bits per heavy atom. The number of ether oxygens (including phenoxy) is 1. The van der Waals surface area contributed by atoms with Gasteiger partial charge < -0.3 is 17.7 Å². The molecule has 0 fully saturated rings. The van der Waals surface area contributed by atoms with E-state index in [1.807, 2.05) is 13.0 Å². The molecule has 0 saturated heterocycles. The molecule has 1 aromatic carbocycles. The second-order valence-corrected chi connectivity index (χ2v) is 3.29. The average molecular weight is 242 g/mol. The van der Waals surface area contributed by atoms with Crippen molar-refractivity contribution in [1.82, 2.24) is 0 Å². The van der Waals surface area contributed by atoms with Crippen LogP contribution in [0.5, 0.6) is 5.75 Å². The van der Waals surface area contributed by atoms with Crippen molar-refractivity contribution in [2.75, 3.05) is 6.51 Å². The third-order valence-corrected chi connectivity index (χ3v) is 1.77. The molecule has 0 aliphatic carbocycles. The molecule has 0 amide bonds. The SMILES string of the molecule is Cc1ccc(C)c(OC[B-](F)(F)F)c1.[K+]. The van der Waals surface area contributed by atoms with Crippen molar-refractivity contribution in [2.45, 2.75) is 13.8 Å². The molecule has 0 unspecified atom stereocenters. The quantitative estimate of drug-likeness (QED) is 0.682. The predicted molar refractivity (Wildman–Crippen MR) is 50.5 cm³/mol. The molecule has 0 spiro atoms. The summed E-state index contributed by atoms with van der Waals surface area (Å²) in [7, 11) is 0. The number of halogens is 3. The minimum Gasteiger partial charge on any atom is -0.521 e. The molecule has 0 atom stereocenters. The first-order valence-electron chi connectivity index (χ1n) is 4.29. The third-order valence-electron chi connectivity index (χ3n) is 1.77. The van der Waals surface area contributed by atoms with E-state index in [-0.39, 0.29) is 51.4 Å². The molecule has 0 aromatic heterocycles. The van der Waals surface area contributed by atoms with Gasteiger partial charge in [-0.2, -0.15) is 0 Å². The fourth-order valence-electron chi connectivity index (χ4n) is 1.05. The fourth-order valence-corrected chi connectivity index (χ4v) is 1.05. The van der Waals surface area contributed by atoms with Gasteiger partial charge in [0.2, 0.25) is 0 Å². The Hall–Kier alpha value is 0.511. The number of rotatable bonds is 3. The van der Waals surface area contributed by atoms with Gasteiger partial charge >= 0.3 is 58.4 Å². The van der Waals surface area contributed by atoms with Gasteiger partial charge in [0.1, 0.15) is 5.75 Å². The van der Waals surface area contributed by atoms with Crippen LogP contribution < -0.4 is 56.1 Å². The summed E-state index contributed by atoms with van der Waals surface area (Å²) >= 11 is 0. The van der Waals surface area contributed by atoms with Crippen LogP contribution in [0.15, 0.2) is 18.2 Å². The third kappa shape index (κ3) is 5.97. The summed E-state index contributed by atoms with van der Waals surface area (Å²) in [4.78, 5) is 0. The van der Waals surface area contributed by atoms with Crippen molar-refractivity contribution < 1.29 is 69.1 Å². The molecule has 78 valence electrons. The largest absolute Gasteiger partial charge is 1.00 e.